The number of hydrogen-bond donors (Lipinski definition) is 4. The first-order chi connectivity index (χ1) is 11.4. The lowest BCUT2D eigenvalue weighted by molar-refractivity contribution is -0.384. The van der Waals surface area contributed by atoms with Crippen molar-refractivity contribution in [2.45, 2.75) is 18.9 Å². The molecule has 1 aromatic carbocycles. The maximum Gasteiger partial charge on any atom is 0.321 e. The lowest BCUT2D eigenvalue weighted by Crippen LogP contribution is -2.40. The molecule has 0 aliphatic carbocycles. The van der Waals surface area contributed by atoms with Gasteiger partial charge in [-0.1, -0.05) is 0 Å². The number of carbonyl (C=O) groups is 2. The topological polar surface area (TPSA) is 151 Å². The summed E-state index contributed by atoms with van der Waals surface area (Å²) in [5, 5.41) is 33.6. The van der Waals surface area contributed by atoms with Gasteiger partial charge >= 0.3 is 5.97 Å². The molecule has 0 aliphatic rings. The van der Waals surface area contributed by atoms with Gasteiger partial charge in [0, 0.05) is 18.7 Å². The summed E-state index contributed by atoms with van der Waals surface area (Å²) in [5.74, 6) is -1.64. The summed E-state index contributed by atoms with van der Waals surface area (Å²) >= 11 is 0. The van der Waals surface area contributed by atoms with Crippen molar-refractivity contribution in [3.8, 4) is 5.75 Å². The zero-order chi connectivity index (χ0) is 18.1. The first-order valence-electron chi connectivity index (χ1n) is 7.08. The van der Waals surface area contributed by atoms with Gasteiger partial charge in [0.25, 0.3) is 5.69 Å². The van der Waals surface area contributed by atoms with Crippen LogP contribution in [-0.4, -0.2) is 53.3 Å². The van der Waals surface area contributed by atoms with Gasteiger partial charge in [-0.05, 0) is 19.0 Å². The van der Waals surface area contributed by atoms with E-state index in [-0.39, 0.29) is 36.7 Å². The van der Waals surface area contributed by atoms with E-state index in [4.69, 9.17) is 14.9 Å². The fraction of sp³-hybridized carbons (Fsp3) is 0.429. The van der Waals surface area contributed by atoms with Gasteiger partial charge in [0.15, 0.2) is 0 Å². The minimum Gasteiger partial charge on any atom is -0.495 e. The predicted molar refractivity (Wildman–Crippen MR) is 84.0 cm³/mol. The predicted octanol–water partition coefficient (Wildman–Crippen LogP) is 0.357. The Balaban J connectivity index is 2.79. The maximum atomic E-state index is 12.0. The largest absolute Gasteiger partial charge is 0.495 e. The first kappa shape index (κ1) is 19.3. The quantitative estimate of drug-likeness (QED) is 0.270. The van der Waals surface area contributed by atoms with Crippen LogP contribution >= 0.6 is 0 Å². The van der Waals surface area contributed by atoms with Gasteiger partial charge in [-0.25, -0.2) is 0 Å². The number of non-ortho nitro benzene ring substituents is 1. The Labute approximate surface area is 137 Å². The fourth-order valence-electron chi connectivity index (χ4n) is 1.90. The summed E-state index contributed by atoms with van der Waals surface area (Å²) in [6.45, 7) is 0.136. The third-order valence-corrected chi connectivity index (χ3v) is 3.08. The number of nitrogens with one attached hydrogen (secondary N) is 2. The van der Waals surface area contributed by atoms with Crippen LogP contribution in [0.2, 0.25) is 0 Å². The lowest BCUT2D eigenvalue weighted by atomic mass is 10.2. The van der Waals surface area contributed by atoms with E-state index < -0.39 is 22.8 Å². The number of carbonyl (C=O) groups excluding carboxylic acids is 1. The Morgan fingerprint density at radius 1 is 1.42 bits per heavy atom. The molecule has 4 N–H and O–H groups in total. The highest BCUT2D eigenvalue weighted by Gasteiger charge is 2.22. The average molecular weight is 341 g/mol. The van der Waals surface area contributed by atoms with E-state index in [1.165, 1.54) is 19.2 Å². The molecule has 10 nitrogen and oxygen atoms in total. The number of aliphatic carboxylic acids is 1. The normalized spacial score (nSPS) is 11.6. The second kappa shape index (κ2) is 9.43. The van der Waals surface area contributed by atoms with Gasteiger partial charge in [0.2, 0.25) is 5.91 Å². The molecule has 0 spiro atoms. The molecule has 1 rings (SSSR count). The van der Waals surface area contributed by atoms with E-state index in [0.717, 1.165) is 6.07 Å². The van der Waals surface area contributed by atoms with E-state index in [1.54, 1.807) is 0 Å². The second-order valence-corrected chi connectivity index (χ2v) is 4.82. The van der Waals surface area contributed by atoms with Crippen LogP contribution in [0, 0.1) is 10.1 Å². The van der Waals surface area contributed by atoms with Gasteiger partial charge in [0.1, 0.15) is 11.8 Å². The smallest absolute Gasteiger partial charge is 0.321 e. The van der Waals surface area contributed by atoms with Gasteiger partial charge < -0.3 is 25.6 Å². The lowest BCUT2D eigenvalue weighted by Gasteiger charge is -2.15. The van der Waals surface area contributed by atoms with Crippen LogP contribution in [0.3, 0.4) is 0 Å². The van der Waals surface area contributed by atoms with Crippen LogP contribution in [0.15, 0.2) is 18.2 Å². The van der Waals surface area contributed by atoms with Crippen molar-refractivity contribution in [3.63, 3.8) is 0 Å². The number of ether oxygens (including phenoxy) is 1. The number of anilines is 1. The third kappa shape index (κ3) is 5.82. The molecule has 0 radical (unpaired) electrons. The van der Waals surface area contributed by atoms with Crippen molar-refractivity contribution >= 4 is 23.3 Å². The number of carboxylic acid groups (broad SMARTS) is 1. The molecule has 0 fully saturated rings. The second-order valence-electron chi connectivity index (χ2n) is 4.82. The van der Waals surface area contributed by atoms with Crippen LogP contribution in [0.4, 0.5) is 11.4 Å². The summed E-state index contributed by atoms with van der Waals surface area (Å²) in [6, 6.07) is 2.56. The molecule has 0 aliphatic heterocycles. The summed E-state index contributed by atoms with van der Waals surface area (Å²) < 4.78 is 5.02. The van der Waals surface area contributed by atoms with Crippen molar-refractivity contribution in [1.82, 2.24) is 5.32 Å². The number of carboxylic acids is 1. The van der Waals surface area contributed by atoms with Gasteiger partial charge in [0.05, 0.1) is 24.1 Å². The number of rotatable bonds is 10. The highest BCUT2D eigenvalue weighted by atomic mass is 16.6. The van der Waals surface area contributed by atoms with Crippen LogP contribution in [0.5, 0.6) is 5.75 Å². The van der Waals surface area contributed by atoms with E-state index in [9.17, 15) is 19.7 Å². The molecule has 10 heteroatoms. The Morgan fingerprint density at radius 3 is 2.67 bits per heavy atom. The monoisotopic (exact) mass is 341 g/mol. The van der Waals surface area contributed by atoms with E-state index in [1.807, 2.05) is 0 Å². The van der Waals surface area contributed by atoms with E-state index >= 15 is 0 Å². The number of amides is 1. The van der Waals surface area contributed by atoms with Crippen LogP contribution in [0.1, 0.15) is 12.8 Å². The Morgan fingerprint density at radius 2 is 2.12 bits per heavy atom. The van der Waals surface area contributed by atoms with E-state index in [2.05, 4.69) is 10.6 Å². The molecule has 24 heavy (non-hydrogen) atoms. The first-order valence-corrected chi connectivity index (χ1v) is 7.08. The van der Waals surface area contributed by atoms with Crippen molar-refractivity contribution in [2.75, 3.05) is 25.6 Å². The Kier molecular flexibility index (Phi) is 7.59. The summed E-state index contributed by atoms with van der Waals surface area (Å²) in [7, 11) is 1.34. The number of nitrogens with zero attached hydrogens (tertiary/aromatic N) is 1. The molecule has 0 bridgehead atoms. The molecular formula is C14H19N3O7. The van der Waals surface area contributed by atoms with Gasteiger partial charge in [-0.2, -0.15) is 0 Å². The number of methoxy groups -OCH3 is 1. The highest BCUT2D eigenvalue weighted by Crippen LogP contribution is 2.28. The van der Waals surface area contributed by atoms with Gasteiger partial charge in [-0.15, -0.1) is 0 Å². The summed E-state index contributed by atoms with van der Waals surface area (Å²) in [5.41, 5.74) is -0.154. The minimum absolute atomic E-state index is 0.0798. The van der Waals surface area contributed by atoms with Crippen molar-refractivity contribution in [3.05, 3.63) is 28.3 Å². The standard InChI is InChI=1S/C14H19N3O7/c1-24-12-4-3-9(17(22)23)7-10(12)16-13(19)8-11(14(20)21)15-5-2-6-18/h3-4,7,11,15,18H,2,5-6,8H2,1H3,(H,16,19)(H,20,21). The molecule has 0 saturated carbocycles. The van der Waals surface area contributed by atoms with Crippen LogP contribution < -0.4 is 15.4 Å². The average Bonchev–Trinajstić information content (AvgIpc) is 2.53. The SMILES string of the molecule is COc1ccc([N+](=O)[O-])cc1NC(=O)CC(NCCCO)C(=O)O. The molecule has 0 saturated heterocycles. The molecule has 0 heterocycles. The Hall–Kier alpha value is -2.72. The van der Waals surface area contributed by atoms with E-state index in [0.29, 0.717) is 6.42 Å². The molecule has 1 unspecified atom stereocenters. The molecule has 1 amide bonds. The zero-order valence-electron chi connectivity index (χ0n) is 13.0. The maximum absolute atomic E-state index is 12.0. The number of nitro groups is 1. The molecule has 1 atom stereocenters. The number of hydrogen-bond acceptors (Lipinski definition) is 7. The number of aliphatic hydroxyl groups excluding tert-OH is 1. The summed E-state index contributed by atoms with van der Waals surface area (Å²) in [6.07, 6.45) is -0.0310. The minimum atomic E-state index is -1.21. The number of benzene rings is 1. The third-order valence-electron chi connectivity index (χ3n) is 3.08. The molecular weight excluding hydrogens is 322 g/mol. The van der Waals surface area contributed by atoms with Crippen molar-refractivity contribution < 1.29 is 29.5 Å². The highest BCUT2D eigenvalue weighted by molar-refractivity contribution is 5.95. The molecule has 132 valence electrons. The number of nitro benzene ring substituents is 1. The number of aliphatic hydroxyl groups is 1. The Bertz CT molecular complexity index is 606. The van der Waals surface area contributed by atoms with Crippen molar-refractivity contribution in [1.29, 1.82) is 0 Å². The zero-order valence-corrected chi connectivity index (χ0v) is 13.0. The fourth-order valence-corrected chi connectivity index (χ4v) is 1.90. The molecule has 1 aromatic rings. The van der Waals surface area contributed by atoms with Gasteiger partial charge in [-0.3, -0.25) is 19.7 Å². The van der Waals surface area contributed by atoms with Crippen LogP contribution in [-0.2, 0) is 9.59 Å². The van der Waals surface area contributed by atoms with Crippen molar-refractivity contribution in [2.24, 2.45) is 0 Å². The van der Waals surface area contributed by atoms with Crippen LogP contribution in [0.25, 0.3) is 0 Å². The molecule has 0 aromatic heterocycles. The summed E-state index contributed by atoms with van der Waals surface area (Å²) in [4.78, 5) is 33.3.